The monoisotopic (exact) mass is 439 g/mol. The molecule has 0 atom stereocenters. The first-order chi connectivity index (χ1) is 15.5. The van der Waals surface area contributed by atoms with Crippen LogP contribution in [0.1, 0.15) is 22.8 Å². The molecule has 1 aromatic heterocycles. The maximum atomic E-state index is 12.5. The lowest BCUT2D eigenvalue weighted by molar-refractivity contribution is -0.118. The van der Waals surface area contributed by atoms with Crippen LogP contribution in [0.3, 0.4) is 0 Å². The Labute approximate surface area is 185 Å². The highest BCUT2D eigenvalue weighted by atomic mass is 16.5. The predicted octanol–water partition coefficient (Wildman–Crippen LogP) is 3.18. The van der Waals surface area contributed by atoms with Crippen LogP contribution in [-0.2, 0) is 11.3 Å². The molecule has 3 rings (SSSR count). The number of amides is 1. The van der Waals surface area contributed by atoms with Crippen molar-refractivity contribution in [3.63, 3.8) is 0 Å². The average molecular weight is 439 g/mol. The van der Waals surface area contributed by atoms with Crippen LogP contribution in [0.15, 0.2) is 48.7 Å². The van der Waals surface area contributed by atoms with E-state index in [1.165, 1.54) is 14.0 Å². The minimum absolute atomic E-state index is 0.0893. The molecule has 0 fully saturated rings. The van der Waals surface area contributed by atoms with E-state index in [4.69, 9.17) is 18.9 Å². The van der Waals surface area contributed by atoms with Gasteiger partial charge >= 0.3 is 0 Å². The van der Waals surface area contributed by atoms with E-state index >= 15 is 0 Å². The largest absolute Gasteiger partial charge is 0.493 e. The summed E-state index contributed by atoms with van der Waals surface area (Å²) in [6.45, 7) is 1.58. The number of methoxy groups -OCH3 is 3. The van der Waals surface area contributed by atoms with Gasteiger partial charge in [-0.3, -0.25) is 9.59 Å². The molecule has 32 heavy (non-hydrogen) atoms. The smallest absolute Gasteiger partial charge is 0.263 e. The summed E-state index contributed by atoms with van der Waals surface area (Å²) >= 11 is 0. The molecule has 9 nitrogen and oxygen atoms in total. The zero-order chi connectivity index (χ0) is 23.1. The molecule has 168 valence electrons. The lowest BCUT2D eigenvalue weighted by Gasteiger charge is -2.15. The first kappa shape index (κ1) is 22.7. The van der Waals surface area contributed by atoms with Crippen molar-refractivity contribution in [1.82, 2.24) is 9.78 Å². The van der Waals surface area contributed by atoms with Crippen LogP contribution in [0.25, 0.3) is 0 Å². The van der Waals surface area contributed by atoms with Crippen molar-refractivity contribution in [3.05, 3.63) is 59.8 Å². The Balaban J connectivity index is 1.67. The van der Waals surface area contributed by atoms with Crippen molar-refractivity contribution in [2.24, 2.45) is 0 Å². The minimum atomic E-state index is -0.373. The molecular formula is C23H25N3O6. The fraction of sp³-hybridized carbons (Fsp3) is 0.261. The van der Waals surface area contributed by atoms with E-state index in [0.29, 0.717) is 40.9 Å². The Kier molecular flexibility index (Phi) is 7.33. The van der Waals surface area contributed by atoms with Crippen molar-refractivity contribution >= 4 is 17.5 Å². The third kappa shape index (κ3) is 5.18. The summed E-state index contributed by atoms with van der Waals surface area (Å²) in [7, 11) is 4.61. The quantitative estimate of drug-likeness (QED) is 0.484. The van der Waals surface area contributed by atoms with Crippen LogP contribution in [0.5, 0.6) is 23.0 Å². The van der Waals surface area contributed by atoms with Crippen molar-refractivity contribution in [3.8, 4) is 23.0 Å². The van der Waals surface area contributed by atoms with Gasteiger partial charge in [-0.1, -0.05) is 12.1 Å². The van der Waals surface area contributed by atoms with E-state index in [-0.39, 0.29) is 18.3 Å². The number of benzene rings is 2. The average Bonchev–Trinajstić information content (AvgIpc) is 3.23. The summed E-state index contributed by atoms with van der Waals surface area (Å²) < 4.78 is 23.3. The topological polar surface area (TPSA) is 101 Å². The fourth-order valence-corrected chi connectivity index (χ4v) is 3.13. The maximum Gasteiger partial charge on any atom is 0.263 e. The van der Waals surface area contributed by atoms with Gasteiger partial charge in [-0.15, -0.1) is 0 Å². The number of para-hydroxylation sites is 1. The summed E-state index contributed by atoms with van der Waals surface area (Å²) in [4.78, 5) is 24.0. The van der Waals surface area contributed by atoms with Crippen molar-refractivity contribution in [2.45, 2.75) is 13.5 Å². The molecule has 0 saturated heterocycles. The molecule has 2 aromatic carbocycles. The molecule has 3 aromatic rings. The highest BCUT2D eigenvalue weighted by Gasteiger charge is 2.15. The van der Waals surface area contributed by atoms with E-state index in [1.54, 1.807) is 49.4 Å². The fourth-order valence-electron chi connectivity index (χ4n) is 3.13. The number of ketones is 1. The summed E-state index contributed by atoms with van der Waals surface area (Å²) in [5.74, 6) is 1.99. The van der Waals surface area contributed by atoms with Crippen LogP contribution < -0.4 is 24.3 Å². The third-order valence-electron chi connectivity index (χ3n) is 4.72. The number of hydrogen-bond acceptors (Lipinski definition) is 7. The van der Waals surface area contributed by atoms with E-state index in [1.807, 2.05) is 18.2 Å². The molecule has 0 bridgehead atoms. The Morgan fingerprint density at radius 2 is 1.75 bits per heavy atom. The van der Waals surface area contributed by atoms with Crippen LogP contribution in [0.2, 0.25) is 0 Å². The van der Waals surface area contributed by atoms with Crippen LogP contribution in [0.4, 0.5) is 5.82 Å². The second-order valence-electron chi connectivity index (χ2n) is 6.79. The van der Waals surface area contributed by atoms with Crippen molar-refractivity contribution in [2.75, 3.05) is 33.3 Å². The summed E-state index contributed by atoms with van der Waals surface area (Å²) in [5.41, 5.74) is 1.34. The lowest BCUT2D eigenvalue weighted by Crippen LogP contribution is -2.22. The number of Topliss-reactive ketones (excluding diaryl/α,β-unsaturated/α-hetero) is 1. The van der Waals surface area contributed by atoms with Gasteiger partial charge in [0.15, 0.2) is 35.4 Å². The van der Waals surface area contributed by atoms with E-state index in [2.05, 4.69) is 10.4 Å². The van der Waals surface area contributed by atoms with Crippen LogP contribution in [0, 0.1) is 0 Å². The molecule has 0 aliphatic heterocycles. The summed E-state index contributed by atoms with van der Waals surface area (Å²) in [5, 5.41) is 7.06. The standard InChI is InChI=1S/C23H25N3O6/c1-15(27)16-8-9-18(20(12-16)30-3)32-14-22(28)25-21-10-11-24-26(21)13-17-6-5-7-19(29-2)23(17)31-4/h5-12H,13-14H2,1-4H3,(H,25,28). The molecule has 0 aliphatic carbocycles. The highest BCUT2D eigenvalue weighted by Crippen LogP contribution is 2.31. The molecule has 0 radical (unpaired) electrons. The van der Waals surface area contributed by atoms with Crippen molar-refractivity contribution in [1.29, 1.82) is 0 Å². The van der Waals surface area contributed by atoms with Crippen LogP contribution in [-0.4, -0.2) is 49.4 Å². The first-order valence-electron chi connectivity index (χ1n) is 9.80. The first-order valence-corrected chi connectivity index (χ1v) is 9.80. The second-order valence-corrected chi connectivity index (χ2v) is 6.79. The van der Waals surface area contributed by atoms with E-state index in [0.717, 1.165) is 5.56 Å². The molecule has 1 amide bonds. The number of ether oxygens (including phenoxy) is 4. The number of nitrogens with zero attached hydrogens (tertiary/aromatic N) is 2. The highest BCUT2D eigenvalue weighted by molar-refractivity contribution is 5.95. The second kappa shape index (κ2) is 10.3. The van der Waals surface area contributed by atoms with Gasteiger partial charge in [0.2, 0.25) is 0 Å². The molecule has 1 N–H and O–H groups in total. The molecule has 0 spiro atoms. The van der Waals surface area contributed by atoms with E-state index < -0.39 is 0 Å². The van der Waals surface area contributed by atoms with Crippen molar-refractivity contribution < 1.29 is 28.5 Å². The van der Waals surface area contributed by atoms with Crippen LogP contribution >= 0.6 is 0 Å². The molecule has 1 heterocycles. The number of anilines is 1. The number of carbonyl (C=O) groups is 2. The van der Waals surface area contributed by atoms with Gasteiger partial charge in [0, 0.05) is 17.2 Å². The Morgan fingerprint density at radius 1 is 0.969 bits per heavy atom. The van der Waals surface area contributed by atoms with Gasteiger partial charge in [0.1, 0.15) is 5.82 Å². The molecule has 0 unspecified atom stereocenters. The summed E-state index contributed by atoms with van der Waals surface area (Å²) in [6.07, 6.45) is 1.59. The predicted molar refractivity (Wildman–Crippen MR) is 118 cm³/mol. The van der Waals surface area contributed by atoms with Gasteiger partial charge in [-0.2, -0.15) is 5.10 Å². The SMILES string of the molecule is COc1cc(C(C)=O)ccc1OCC(=O)Nc1ccnn1Cc1cccc(OC)c1OC. The number of nitrogens with one attached hydrogen (secondary N) is 1. The minimum Gasteiger partial charge on any atom is -0.493 e. The molecule has 9 heteroatoms. The Hall–Kier alpha value is -4.01. The summed E-state index contributed by atoms with van der Waals surface area (Å²) in [6, 6.07) is 12.0. The Bertz CT molecular complexity index is 1110. The molecule has 0 saturated carbocycles. The van der Waals surface area contributed by atoms with Gasteiger partial charge in [-0.25, -0.2) is 4.68 Å². The van der Waals surface area contributed by atoms with Gasteiger partial charge in [0.05, 0.1) is 34.1 Å². The molecular weight excluding hydrogens is 414 g/mol. The maximum absolute atomic E-state index is 12.5. The molecule has 0 aliphatic rings. The number of carbonyl (C=O) groups excluding carboxylic acids is 2. The number of rotatable bonds is 10. The normalized spacial score (nSPS) is 10.4. The van der Waals surface area contributed by atoms with Gasteiger partial charge < -0.3 is 24.3 Å². The number of hydrogen-bond donors (Lipinski definition) is 1. The lowest BCUT2D eigenvalue weighted by atomic mass is 10.1. The van der Waals surface area contributed by atoms with Gasteiger partial charge in [0.25, 0.3) is 5.91 Å². The number of aromatic nitrogens is 2. The van der Waals surface area contributed by atoms with E-state index in [9.17, 15) is 9.59 Å². The zero-order valence-corrected chi connectivity index (χ0v) is 18.4. The zero-order valence-electron chi connectivity index (χ0n) is 18.4. The van der Waals surface area contributed by atoms with Gasteiger partial charge in [-0.05, 0) is 31.2 Å². The Morgan fingerprint density at radius 3 is 2.44 bits per heavy atom. The third-order valence-corrected chi connectivity index (χ3v) is 4.72.